The van der Waals surface area contributed by atoms with Crippen molar-refractivity contribution in [2.75, 3.05) is 17.2 Å². The van der Waals surface area contributed by atoms with Crippen molar-refractivity contribution in [3.8, 4) is 0 Å². The van der Waals surface area contributed by atoms with Gasteiger partial charge in [0.2, 0.25) is 5.91 Å². The fourth-order valence-electron chi connectivity index (χ4n) is 1.86. The van der Waals surface area contributed by atoms with Gasteiger partial charge in [-0.25, -0.2) is 0 Å². The molecule has 0 aliphatic carbocycles. The number of nitrogens with zero attached hydrogens (tertiary/aromatic N) is 2. The van der Waals surface area contributed by atoms with Crippen molar-refractivity contribution in [1.82, 2.24) is 10.2 Å². The SMILES string of the molecule is O=C(CCNc1ccc(C(F)(F)F)cc1[N+](=O)[O-])Nc1ccn[nH]1. The van der Waals surface area contributed by atoms with Crippen LogP contribution in [0.1, 0.15) is 12.0 Å². The van der Waals surface area contributed by atoms with Crippen molar-refractivity contribution < 1.29 is 22.9 Å². The summed E-state index contributed by atoms with van der Waals surface area (Å²) in [6.07, 6.45) is -3.27. The first-order valence-electron chi connectivity index (χ1n) is 6.66. The van der Waals surface area contributed by atoms with E-state index in [1.165, 1.54) is 12.3 Å². The highest BCUT2D eigenvalue weighted by Gasteiger charge is 2.33. The van der Waals surface area contributed by atoms with Crippen LogP contribution in [-0.2, 0) is 11.0 Å². The van der Waals surface area contributed by atoms with E-state index < -0.39 is 22.4 Å². The Kier molecular flexibility index (Phi) is 5.02. The first-order chi connectivity index (χ1) is 11.3. The van der Waals surface area contributed by atoms with E-state index in [1.54, 1.807) is 0 Å². The predicted molar refractivity (Wildman–Crippen MR) is 78.4 cm³/mol. The lowest BCUT2D eigenvalue weighted by Crippen LogP contribution is -2.17. The molecule has 2 rings (SSSR count). The number of nitro benzene ring substituents is 1. The number of alkyl halides is 3. The van der Waals surface area contributed by atoms with E-state index in [2.05, 4.69) is 20.8 Å². The van der Waals surface area contributed by atoms with Crippen LogP contribution in [-0.4, -0.2) is 27.6 Å². The van der Waals surface area contributed by atoms with Gasteiger partial charge in [-0.2, -0.15) is 18.3 Å². The molecule has 0 unspecified atom stereocenters. The van der Waals surface area contributed by atoms with Crippen molar-refractivity contribution in [1.29, 1.82) is 0 Å². The Labute approximate surface area is 133 Å². The predicted octanol–water partition coefficient (Wildman–Crippen LogP) is 2.78. The summed E-state index contributed by atoms with van der Waals surface area (Å²) in [5.74, 6) is 0.00169. The molecule has 0 saturated heterocycles. The molecule has 0 radical (unpaired) electrons. The molecule has 0 aliphatic rings. The van der Waals surface area contributed by atoms with Gasteiger partial charge in [0.15, 0.2) is 0 Å². The van der Waals surface area contributed by atoms with Gasteiger partial charge in [-0.05, 0) is 12.1 Å². The van der Waals surface area contributed by atoms with Gasteiger partial charge in [-0.15, -0.1) is 0 Å². The van der Waals surface area contributed by atoms with Crippen molar-refractivity contribution in [2.45, 2.75) is 12.6 Å². The summed E-state index contributed by atoms with van der Waals surface area (Å²) in [6, 6.07) is 3.69. The standard InChI is InChI=1S/C13H12F3N5O3/c14-13(15,16)8-1-2-9(10(7-8)21(23)24)17-5-4-12(22)19-11-3-6-18-20-11/h1-3,6-7,17H,4-5H2,(H2,18,19,20,22). The molecule has 24 heavy (non-hydrogen) atoms. The van der Waals surface area contributed by atoms with Crippen LogP contribution in [0, 0.1) is 10.1 Å². The number of nitro groups is 1. The maximum absolute atomic E-state index is 12.6. The molecule has 3 N–H and O–H groups in total. The third-order valence-corrected chi connectivity index (χ3v) is 2.96. The highest BCUT2D eigenvalue weighted by molar-refractivity contribution is 5.90. The summed E-state index contributed by atoms with van der Waals surface area (Å²) in [6.45, 7) is 0.00613. The van der Waals surface area contributed by atoms with Gasteiger partial charge >= 0.3 is 6.18 Å². The minimum absolute atomic E-state index is 0.00613. The van der Waals surface area contributed by atoms with Crippen LogP contribution in [0.3, 0.4) is 0 Å². The van der Waals surface area contributed by atoms with Crippen LogP contribution in [0.4, 0.5) is 30.4 Å². The van der Waals surface area contributed by atoms with Gasteiger partial charge < -0.3 is 10.6 Å². The largest absolute Gasteiger partial charge is 0.416 e. The molecule has 0 atom stereocenters. The van der Waals surface area contributed by atoms with Crippen LogP contribution in [0.2, 0.25) is 0 Å². The van der Waals surface area contributed by atoms with Crippen LogP contribution in [0.15, 0.2) is 30.5 Å². The summed E-state index contributed by atoms with van der Waals surface area (Å²) in [4.78, 5) is 21.6. The Morgan fingerprint density at radius 3 is 2.67 bits per heavy atom. The van der Waals surface area contributed by atoms with Crippen molar-refractivity contribution in [2.24, 2.45) is 0 Å². The van der Waals surface area contributed by atoms with E-state index in [0.717, 1.165) is 12.1 Å². The lowest BCUT2D eigenvalue weighted by molar-refractivity contribution is -0.384. The number of H-pyrrole nitrogens is 1. The summed E-state index contributed by atoms with van der Waals surface area (Å²) in [5.41, 5.74) is -1.92. The average molecular weight is 343 g/mol. The number of rotatable bonds is 6. The van der Waals surface area contributed by atoms with E-state index in [0.29, 0.717) is 11.9 Å². The lowest BCUT2D eigenvalue weighted by Gasteiger charge is -2.10. The highest BCUT2D eigenvalue weighted by Crippen LogP contribution is 2.34. The average Bonchev–Trinajstić information content (AvgIpc) is 2.99. The van der Waals surface area contributed by atoms with Crippen LogP contribution in [0.5, 0.6) is 0 Å². The lowest BCUT2D eigenvalue weighted by atomic mass is 10.1. The number of nitrogens with one attached hydrogen (secondary N) is 3. The summed E-state index contributed by atoms with van der Waals surface area (Å²) in [7, 11) is 0. The number of aromatic amines is 1. The number of hydrogen-bond donors (Lipinski definition) is 3. The number of amides is 1. The zero-order valence-corrected chi connectivity index (χ0v) is 12.1. The number of anilines is 2. The Balaban J connectivity index is 1.99. The number of halogens is 3. The topological polar surface area (TPSA) is 113 Å². The Morgan fingerprint density at radius 2 is 2.08 bits per heavy atom. The normalized spacial score (nSPS) is 11.1. The van der Waals surface area contributed by atoms with Gasteiger partial charge in [0, 0.05) is 25.1 Å². The summed E-state index contributed by atoms with van der Waals surface area (Å²) >= 11 is 0. The first kappa shape index (κ1) is 17.2. The monoisotopic (exact) mass is 343 g/mol. The number of aromatic nitrogens is 2. The molecule has 0 fully saturated rings. The maximum Gasteiger partial charge on any atom is 0.416 e. The molecule has 0 aliphatic heterocycles. The van der Waals surface area contributed by atoms with Gasteiger partial charge in [0.1, 0.15) is 11.5 Å². The van der Waals surface area contributed by atoms with Crippen LogP contribution in [0.25, 0.3) is 0 Å². The Hall–Kier alpha value is -3.11. The third kappa shape index (κ3) is 4.44. The molecule has 128 valence electrons. The number of carbonyl (C=O) groups excluding carboxylic acids is 1. The molecule has 1 aromatic carbocycles. The smallest absolute Gasteiger partial charge is 0.379 e. The van der Waals surface area contributed by atoms with E-state index in [9.17, 15) is 28.1 Å². The molecule has 0 saturated carbocycles. The fourth-order valence-corrected chi connectivity index (χ4v) is 1.86. The molecule has 0 bridgehead atoms. The molecule has 1 aromatic heterocycles. The third-order valence-electron chi connectivity index (χ3n) is 2.96. The number of carbonyl (C=O) groups is 1. The Bertz CT molecular complexity index is 731. The molecule has 8 nitrogen and oxygen atoms in total. The quantitative estimate of drug-likeness (QED) is 0.551. The van der Waals surface area contributed by atoms with Crippen molar-refractivity contribution in [3.63, 3.8) is 0 Å². The molecule has 1 heterocycles. The van der Waals surface area contributed by atoms with Crippen LogP contribution < -0.4 is 10.6 Å². The van der Waals surface area contributed by atoms with E-state index in [-0.39, 0.29) is 24.6 Å². The summed E-state index contributed by atoms with van der Waals surface area (Å²) in [5, 5.41) is 22.2. The number of benzene rings is 1. The minimum atomic E-state index is -4.67. The van der Waals surface area contributed by atoms with Gasteiger partial charge in [-0.3, -0.25) is 20.0 Å². The molecule has 1 amide bonds. The van der Waals surface area contributed by atoms with Crippen molar-refractivity contribution in [3.05, 3.63) is 46.1 Å². The second kappa shape index (κ2) is 6.98. The molecule has 0 spiro atoms. The second-order valence-electron chi connectivity index (χ2n) is 4.68. The molecular formula is C13H12F3N5O3. The number of hydrogen-bond acceptors (Lipinski definition) is 5. The highest BCUT2D eigenvalue weighted by atomic mass is 19.4. The van der Waals surface area contributed by atoms with Gasteiger partial charge in [0.05, 0.1) is 16.7 Å². The first-order valence-corrected chi connectivity index (χ1v) is 6.66. The molecular weight excluding hydrogens is 331 g/mol. The van der Waals surface area contributed by atoms with Crippen molar-refractivity contribution >= 4 is 23.1 Å². The van der Waals surface area contributed by atoms with Gasteiger partial charge in [-0.1, -0.05) is 0 Å². The molecule has 2 aromatic rings. The van der Waals surface area contributed by atoms with E-state index >= 15 is 0 Å². The second-order valence-corrected chi connectivity index (χ2v) is 4.68. The Morgan fingerprint density at radius 1 is 1.33 bits per heavy atom. The minimum Gasteiger partial charge on any atom is -0.379 e. The zero-order chi connectivity index (χ0) is 17.7. The van der Waals surface area contributed by atoms with Crippen LogP contribution >= 0.6 is 0 Å². The molecule has 11 heteroatoms. The maximum atomic E-state index is 12.6. The fraction of sp³-hybridized carbons (Fsp3) is 0.231. The van der Waals surface area contributed by atoms with Gasteiger partial charge in [0.25, 0.3) is 5.69 Å². The van der Waals surface area contributed by atoms with E-state index in [4.69, 9.17) is 0 Å². The van der Waals surface area contributed by atoms with E-state index in [1.807, 2.05) is 0 Å². The summed E-state index contributed by atoms with van der Waals surface area (Å²) < 4.78 is 37.8. The zero-order valence-electron chi connectivity index (χ0n) is 12.1.